The van der Waals surface area contributed by atoms with Gasteiger partial charge in [0.25, 0.3) is 0 Å². The van der Waals surface area contributed by atoms with Crippen LogP contribution in [0.2, 0.25) is 10.0 Å². The molecule has 1 atom stereocenters. The van der Waals surface area contributed by atoms with Crippen molar-refractivity contribution in [1.82, 2.24) is 0 Å². The third kappa shape index (κ3) is 4.33. The van der Waals surface area contributed by atoms with E-state index in [0.717, 1.165) is 21.7 Å². The number of nitrogens with zero attached hydrogens (tertiary/aromatic N) is 1. The smallest absolute Gasteiger partial charge is 0.335 e. The highest BCUT2D eigenvalue weighted by Crippen LogP contribution is 2.41. The summed E-state index contributed by atoms with van der Waals surface area (Å²) >= 11 is 13.9. The molecule has 3 aromatic carbocycles. The Kier molecular flexibility index (Phi) is 6.04. The number of rotatable bonds is 5. The molecule has 4 rings (SSSR count). The summed E-state index contributed by atoms with van der Waals surface area (Å²) in [6.07, 6.45) is 0.503. The van der Waals surface area contributed by atoms with Crippen LogP contribution in [0.15, 0.2) is 71.6 Å². The maximum Gasteiger partial charge on any atom is 0.335 e. The second-order valence-corrected chi connectivity index (χ2v) is 9.03. The number of hydrogen-bond acceptors (Lipinski definition) is 3. The lowest BCUT2D eigenvalue weighted by Crippen LogP contribution is -2.41. The van der Waals surface area contributed by atoms with Gasteiger partial charge in [-0.2, -0.15) is 0 Å². The highest BCUT2D eigenvalue weighted by Gasteiger charge is 2.33. The SMILES string of the molecule is O=C(O)c1ccc(C[C@H]2Sc3ccccc3N(Cc3ccc(Cl)cc3Cl)C2=O)cc1. The van der Waals surface area contributed by atoms with Crippen molar-refractivity contribution in [2.24, 2.45) is 0 Å². The molecule has 0 fully saturated rings. The maximum absolute atomic E-state index is 13.4. The van der Waals surface area contributed by atoms with Crippen LogP contribution in [-0.4, -0.2) is 22.2 Å². The summed E-state index contributed by atoms with van der Waals surface area (Å²) in [6, 6.07) is 19.7. The number of para-hydroxylation sites is 1. The molecular formula is C23H17Cl2NO3S. The summed E-state index contributed by atoms with van der Waals surface area (Å²) in [7, 11) is 0. The second kappa shape index (κ2) is 8.72. The number of anilines is 1. The molecule has 1 amide bonds. The van der Waals surface area contributed by atoms with E-state index in [-0.39, 0.29) is 16.7 Å². The standard InChI is InChI=1S/C23H17Cl2NO3S/c24-17-10-9-16(18(25)12-17)13-26-19-3-1-2-4-20(19)30-21(22(26)27)11-14-5-7-15(8-6-14)23(28)29/h1-10,12,21H,11,13H2,(H,28,29)/t21-/m1/s1. The largest absolute Gasteiger partial charge is 0.478 e. The molecule has 7 heteroatoms. The average Bonchev–Trinajstić information content (AvgIpc) is 2.73. The third-order valence-electron chi connectivity index (χ3n) is 4.93. The van der Waals surface area contributed by atoms with Crippen LogP contribution >= 0.6 is 35.0 Å². The van der Waals surface area contributed by atoms with Gasteiger partial charge in [0.15, 0.2) is 0 Å². The lowest BCUT2D eigenvalue weighted by atomic mass is 10.1. The number of thioether (sulfide) groups is 1. The molecule has 3 aromatic rings. The van der Waals surface area contributed by atoms with Crippen molar-refractivity contribution in [1.29, 1.82) is 0 Å². The Bertz CT molecular complexity index is 1120. The monoisotopic (exact) mass is 457 g/mol. The van der Waals surface area contributed by atoms with Crippen molar-refractivity contribution >= 4 is 52.5 Å². The summed E-state index contributed by atoms with van der Waals surface area (Å²) < 4.78 is 0. The summed E-state index contributed by atoms with van der Waals surface area (Å²) in [4.78, 5) is 27.2. The van der Waals surface area contributed by atoms with Crippen molar-refractivity contribution < 1.29 is 14.7 Å². The Morgan fingerprint density at radius 1 is 1.03 bits per heavy atom. The van der Waals surface area contributed by atoms with E-state index < -0.39 is 5.97 Å². The summed E-state index contributed by atoms with van der Waals surface area (Å²) in [5.41, 5.74) is 2.82. The number of aromatic carboxylic acids is 1. The zero-order valence-electron chi connectivity index (χ0n) is 15.7. The molecule has 1 aliphatic heterocycles. The molecule has 0 aliphatic carbocycles. The fourth-order valence-electron chi connectivity index (χ4n) is 3.39. The maximum atomic E-state index is 13.4. The van der Waals surface area contributed by atoms with Gasteiger partial charge in [0.2, 0.25) is 5.91 Å². The van der Waals surface area contributed by atoms with Crippen LogP contribution in [0, 0.1) is 0 Å². The molecule has 0 saturated heterocycles. The minimum Gasteiger partial charge on any atom is -0.478 e. The molecule has 0 radical (unpaired) electrons. The summed E-state index contributed by atoms with van der Waals surface area (Å²) in [5.74, 6) is -0.975. The normalized spacial score (nSPS) is 15.7. The average molecular weight is 458 g/mol. The molecule has 152 valence electrons. The molecule has 0 spiro atoms. The number of amides is 1. The van der Waals surface area contributed by atoms with Gasteiger partial charge in [0.05, 0.1) is 23.0 Å². The van der Waals surface area contributed by atoms with E-state index >= 15 is 0 Å². The molecule has 0 unspecified atom stereocenters. The minimum absolute atomic E-state index is 0.00738. The molecular weight excluding hydrogens is 441 g/mol. The molecule has 1 heterocycles. The highest BCUT2D eigenvalue weighted by atomic mass is 35.5. The van der Waals surface area contributed by atoms with Gasteiger partial charge in [-0.15, -0.1) is 11.8 Å². The molecule has 1 N–H and O–H groups in total. The van der Waals surface area contributed by atoms with Crippen LogP contribution < -0.4 is 4.90 Å². The van der Waals surface area contributed by atoms with Crippen LogP contribution in [0.5, 0.6) is 0 Å². The van der Waals surface area contributed by atoms with Crippen molar-refractivity contribution in [2.45, 2.75) is 23.1 Å². The predicted molar refractivity (Wildman–Crippen MR) is 121 cm³/mol. The lowest BCUT2D eigenvalue weighted by molar-refractivity contribution is -0.118. The van der Waals surface area contributed by atoms with E-state index in [1.54, 1.807) is 41.3 Å². The van der Waals surface area contributed by atoms with Crippen LogP contribution in [0.3, 0.4) is 0 Å². The van der Waals surface area contributed by atoms with Crippen molar-refractivity contribution in [3.63, 3.8) is 0 Å². The zero-order valence-corrected chi connectivity index (χ0v) is 18.0. The van der Waals surface area contributed by atoms with Crippen LogP contribution in [0.1, 0.15) is 21.5 Å². The quantitative estimate of drug-likeness (QED) is 0.514. The van der Waals surface area contributed by atoms with Crippen LogP contribution in [-0.2, 0) is 17.8 Å². The zero-order chi connectivity index (χ0) is 21.3. The van der Waals surface area contributed by atoms with Crippen molar-refractivity contribution in [3.8, 4) is 0 Å². The van der Waals surface area contributed by atoms with E-state index in [1.165, 1.54) is 11.8 Å². The van der Waals surface area contributed by atoms with E-state index in [9.17, 15) is 9.59 Å². The third-order valence-corrected chi connectivity index (χ3v) is 6.77. The number of carbonyl (C=O) groups excluding carboxylic acids is 1. The second-order valence-electron chi connectivity index (χ2n) is 6.94. The minimum atomic E-state index is -0.968. The summed E-state index contributed by atoms with van der Waals surface area (Å²) in [5, 5.41) is 9.83. The van der Waals surface area contributed by atoms with Gasteiger partial charge in [-0.1, -0.05) is 53.5 Å². The van der Waals surface area contributed by atoms with Crippen LogP contribution in [0.25, 0.3) is 0 Å². The molecule has 0 saturated carbocycles. The van der Waals surface area contributed by atoms with Gasteiger partial charge < -0.3 is 10.0 Å². The Labute approximate surface area is 188 Å². The molecule has 30 heavy (non-hydrogen) atoms. The molecule has 0 aromatic heterocycles. The van der Waals surface area contributed by atoms with Gasteiger partial charge in [0.1, 0.15) is 0 Å². The van der Waals surface area contributed by atoms with Crippen molar-refractivity contribution in [3.05, 3.63) is 93.5 Å². The first-order chi connectivity index (χ1) is 14.4. The molecule has 1 aliphatic rings. The van der Waals surface area contributed by atoms with E-state index in [2.05, 4.69) is 0 Å². The Morgan fingerprint density at radius 2 is 1.77 bits per heavy atom. The number of hydrogen-bond donors (Lipinski definition) is 1. The number of carbonyl (C=O) groups is 2. The van der Waals surface area contributed by atoms with E-state index in [1.807, 2.05) is 30.3 Å². The fraction of sp³-hybridized carbons (Fsp3) is 0.130. The van der Waals surface area contributed by atoms with Gasteiger partial charge >= 0.3 is 5.97 Å². The molecule has 0 bridgehead atoms. The van der Waals surface area contributed by atoms with Crippen molar-refractivity contribution in [2.75, 3.05) is 4.90 Å². The number of benzene rings is 3. The molecule has 4 nitrogen and oxygen atoms in total. The Hall–Kier alpha value is -2.47. The number of carboxylic acid groups (broad SMARTS) is 1. The first kappa shape index (κ1) is 20.8. The number of halogens is 2. The van der Waals surface area contributed by atoms with Gasteiger partial charge in [0, 0.05) is 14.9 Å². The van der Waals surface area contributed by atoms with Gasteiger partial charge in [-0.25, -0.2) is 4.79 Å². The van der Waals surface area contributed by atoms with Crippen LogP contribution in [0.4, 0.5) is 5.69 Å². The number of carboxylic acids is 1. The first-order valence-corrected chi connectivity index (χ1v) is 10.9. The van der Waals surface area contributed by atoms with Gasteiger partial charge in [-0.3, -0.25) is 4.79 Å². The number of fused-ring (bicyclic) bond motifs is 1. The lowest BCUT2D eigenvalue weighted by Gasteiger charge is -2.34. The Morgan fingerprint density at radius 3 is 2.47 bits per heavy atom. The van der Waals surface area contributed by atoms with E-state index in [4.69, 9.17) is 28.3 Å². The Balaban J connectivity index is 1.62. The predicted octanol–water partition coefficient (Wildman–Crippen LogP) is 5.94. The first-order valence-electron chi connectivity index (χ1n) is 9.25. The van der Waals surface area contributed by atoms with E-state index in [0.29, 0.717) is 23.0 Å². The summed E-state index contributed by atoms with van der Waals surface area (Å²) in [6.45, 7) is 0.348. The fourth-order valence-corrected chi connectivity index (χ4v) is 5.12. The topological polar surface area (TPSA) is 57.6 Å². The highest BCUT2D eigenvalue weighted by molar-refractivity contribution is 8.01. The van der Waals surface area contributed by atoms with Gasteiger partial charge in [-0.05, 0) is 53.9 Å².